The normalized spacial score (nSPS) is 20.5. The second-order valence-electron chi connectivity index (χ2n) is 9.51. The SMILES string of the molecule is C[C@@H]1CCCC(N2CCC(c3c(F)ccc(Cl)c3F)=CC2=O)c2cc(ccn2)-c2c(cnn2C)NC1=O. The van der Waals surface area contributed by atoms with Gasteiger partial charge in [0.2, 0.25) is 11.8 Å². The summed E-state index contributed by atoms with van der Waals surface area (Å²) in [6, 6.07) is 5.63. The molecule has 2 amide bonds. The van der Waals surface area contributed by atoms with E-state index in [9.17, 15) is 18.4 Å². The van der Waals surface area contributed by atoms with E-state index in [1.807, 2.05) is 19.1 Å². The molecule has 0 saturated heterocycles. The van der Waals surface area contributed by atoms with E-state index in [1.165, 1.54) is 6.08 Å². The molecule has 4 heterocycles. The summed E-state index contributed by atoms with van der Waals surface area (Å²) in [5, 5.41) is 7.11. The highest BCUT2D eigenvalue weighted by atomic mass is 35.5. The molecule has 2 aliphatic heterocycles. The number of hydrogen-bond acceptors (Lipinski definition) is 4. The van der Waals surface area contributed by atoms with Gasteiger partial charge in [-0.25, -0.2) is 8.78 Å². The molecule has 2 aromatic heterocycles. The van der Waals surface area contributed by atoms with Crippen LogP contribution in [0.3, 0.4) is 0 Å². The summed E-state index contributed by atoms with van der Waals surface area (Å²) in [6.07, 6.45) is 6.75. The number of benzene rings is 1. The summed E-state index contributed by atoms with van der Waals surface area (Å²) in [4.78, 5) is 32.4. The summed E-state index contributed by atoms with van der Waals surface area (Å²) in [5.41, 5.74) is 2.88. The van der Waals surface area contributed by atoms with Crippen molar-refractivity contribution in [1.29, 1.82) is 0 Å². The van der Waals surface area contributed by atoms with Gasteiger partial charge in [0, 0.05) is 37.3 Å². The Hall–Kier alpha value is -3.59. The number of aryl methyl sites for hydroxylation is 1. The van der Waals surface area contributed by atoms with Gasteiger partial charge in [-0.15, -0.1) is 0 Å². The number of amides is 2. The van der Waals surface area contributed by atoms with Crippen molar-refractivity contribution >= 4 is 34.7 Å². The Bertz CT molecular complexity index is 1420. The van der Waals surface area contributed by atoms with Crippen LogP contribution < -0.4 is 5.32 Å². The first-order valence-corrected chi connectivity index (χ1v) is 12.6. The number of carbonyl (C=O) groups is 2. The highest BCUT2D eigenvalue weighted by Gasteiger charge is 2.31. The molecule has 0 radical (unpaired) electrons. The maximum absolute atomic E-state index is 14.6. The zero-order valence-corrected chi connectivity index (χ0v) is 21.2. The molecular weight excluding hydrogens is 500 g/mol. The maximum Gasteiger partial charge on any atom is 0.247 e. The Labute approximate surface area is 218 Å². The van der Waals surface area contributed by atoms with Gasteiger partial charge in [-0.2, -0.15) is 5.10 Å². The molecule has 10 heteroatoms. The minimum atomic E-state index is -0.867. The fourth-order valence-corrected chi connectivity index (χ4v) is 5.26. The van der Waals surface area contributed by atoms with Crippen molar-refractivity contribution in [2.75, 3.05) is 11.9 Å². The van der Waals surface area contributed by atoms with Crippen LogP contribution in [0.5, 0.6) is 0 Å². The van der Waals surface area contributed by atoms with Crippen LogP contribution in [0.25, 0.3) is 16.8 Å². The zero-order chi connectivity index (χ0) is 26.3. The van der Waals surface area contributed by atoms with E-state index < -0.39 is 11.6 Å². The number of nitrogens with one attached hydrogen (secondary N) is 1. The van der Waals surface area contributed by atoms with E-state index in [1.54, 1.807) is 29.0 Å². The summed E-state index contributed by atoms with van der Waals surface area (Å²) in [7, 11) is 1.80. The van der Waals surface area contributed by atoms with Gasteiger partial charge in [0.25, 0.3) is 0 Å². The van der Waals surface area contributed by atoms with Gasteiger partial charge >= 0.3 is 0 Å². The third-order valence-electron chi connectivity index (χ3n) is 7.10. The number of aromatic nitrogens is 3. The van der Waals surface area contributed by atoms with Gasteiger partial charge in [0.1, 0.15) is 5.82 Å². The van der Waals surface area contributed by atoms with Gasteiger partial charge in [-0.1, -0.05) is 24.9 Å². The van der Waals surface area contributed by atoms with Crippen molar-refractivity contribution in [3.8, 4) is 11.3 Å². The van der Waals surface area contributed by atoms with Crippen molar-refractivity contribution in [1.82, 2.24) is 19.7 Å². The van der Waals surface area contributed by atoms with Crippen LogP contribution in [0.15, 0.2) is 42.7 Å². The smallest absolute Gasteiger partial charge is 0.247 e. The Balaban J connectivity index is 1.53. The Morgan fingerprint density at radius 3 is 2.76 bits per heavy atom. The van der Waals surface area contributed by atoms with Crippen molar-refractivity contribution in [2.24, 2.45) is 13.0 Å². The highest BCUT2D eigenvalue weighted by Crippen LogP contribution is 2.37. The molecule has 1 N–H and O–H groups in total. The molecule has 3 aromatic rings. The van der Waals surface area contributed by atoms with Crippen LogP contribution in [0.1, 0.15) is 49.9 Å². The lowest BCUT2D eigenvalue weighted by Gasteiger charge is -2.34. The number of rotatable bonds is 2. The number of halogens is 3. The summed E-state index contributed by atoms with van der Waals surface area (Å²) in [5.74, 6) is -2.30. The standard InChI is InChI=1S/C27H26ClF2N5O2/c1-15-4-3-5-22(20-12-17(8-10-31-20)26-21(33-27(15)37)14-32-34(26)2)35-11-9-16(13-23(35)36)24-19(29)7-6-18(28)25(24)30/h6-8,10,12-15,22H,3-5,9,11H2,1-2H3,(H,33,37)/t15-,22?/m1/s1. The lowest BCUT2D eigenvalue weighted by atomic mass is 9.93. The van der Waals surface area contributed by atoms with Crippen LogP contribution in [-0.4, -0.2) is 38.0 Å². The summed E-state index contributed by atoms with van der Waals surface area (Å²) in [6.45, 7) is 2.14. The molecule has 37 heavy (non-hydrogen) atoms. The molecule has 1 aromatic carbocycles. The van der Waals surface area contributed by atoms with Gasteiger partial charge in [-0.3, -0.25) is 19.3 Å². The molecule has 0 saturated carbocycles. The van der Waals surface area contributed by atoms with Gasteiger partial charge in [-0.05, 0) is 49.1 Å². The average Bonchev–Trinajstić information content (AvgIpc) is 3.24. The first-order valence-electron chi connectivity index (χ1n) is 12.2. The molecule has 2 atom stereocenters. The monoisotopic (exact) mass is 525 g/mol. The fourth-order valence-electron chi connectivity index (χ4n) is 5.10. The first-order chi connectivity index (χ1) is 17.7. The van der Waals surface area contributed by atoms with Crippen LogP contribution in [0.2, 0.25) is 5.02 Å². The first kappa shape index (κ1) is 25.1. The minimum absolute atomic E-state index is 0.0900. The molecule has 2 aliphatic rings. The van der Waals surface area contributed by atoms with Crippen LogP contribution >= 0.6 is 11.6 Å². The number of fused-ring (bicyclic) bond motifs is 4. The molecule has 7 nitrogen and oxygen atoms in total. The van der Waals surface area contributed by atoms with E-state index >= 15 is 0 Å². The second-order valence-corrected chi connectivity index (χ2v) is 9.91. The van der Waals surface area contributed by atoms with Crippen molar-refractivity contribution in [3.63, 3.8) is 0 Å². The summed E-state index contributed by atoms with van der Waals surface area (Å²) >= 11 is 5.87. The van der Waals surface area contributed by atoms with Crippen LogP contribution in [-0.2, 0) is 16.6 Å². The van der Waals surface area contributed by atoms with E-state index in [2.05, 4.69) is 15.4 Å². The molecule has 192 valence electrons. The second kappa shape index (κ2) is 10.0. The average molecular weight is 526 g/mol. The number of pyridine rings is 1. The number of hydrogen-bond donors (Lipinski definition) is 1. The molecule has 0 aliphatic carbocycles. The Morgan fingerprint density at radius 1 is 1.16 bits per heavy atom. The van der Waals surface area contributed by atoms with Gasteiger partial charge in [0.05, 0.1) is 39.9 Å². The predicted octanol–water partition coefficient (Wildman–Crippen LogP) is 5.53. The Kier molecular flexibility index (Phi) is 6.81. The molecule has 0 fully saturated rings. The van der Waals surface area contributed by atoms with E-state index in [4.69, 9.17) is 11.6 Å². The lowest BCUT2D eigenvalue weighted by molar-refractivity contribution is -0.129. The predicted molar refractivity (Wildman–Crippen MR) is 136 cm³/mol. The van der Waals surface area contributed by atoms with E-state index in [0.717, 1.165) is 23.4 Å². The largest absolute Gasteiger partial charge is 0.330 e. The zero-order valence-electron chi connectivity index (χ0n) is 20.5. The highest BCUT2D eigenvalue weighted by molar-refractivity contribution is 6.31. The molecule has 2 bridgehead atoms. The number of anilines is 1. The van der Waals surface area contributed by atoms with Gasteiger partial charge < -0.3 is 10.2 Å². The number of carbonyl (C=O) groups excluding carboxylic acids is 2. The van der Waals surface area contributed by atoms with E-state index in [-0.39, 0.29) is 52.9 Å². The fraction of sp³-hybridized carbons (Fsp3) is 0.333. The lowest BCUT2D eigenvalue weighted by Crippen LogP contribution is -2.38. The van der Waals surface area contributed by atoms with Crippen molar-refractivity contribution in [3.05, 3.63) is 70.6 Å². The third-order valence-corrected chi connectivity index (χ3v) is 7.39. The topological polar surface area (TPSA) is 80.1 Å². The van der Waals surface area contributed by atoms with Gasteiger partial charge in [0.15, 0.2) is 5.82 Å². The molecular formula is C27H26ClF2N5O2. The van der Waals surface area contributed by atoms with Crippen LogP contribution in [0, 0.1) is 17.6 Å². The van der Waals surface area contributed by atoms with Crippen molar-refractivity contribution in [2.45, 2.75) is 38.6 Å². The minimum Gasteiger partial charge on any atom is -0.330 e. The van der Waals surface area contributed by atoms with E-state index in [0.29, 0.717) is 30.6 Å². The number of nitrogens with zero attached hydrogens (tertiary/aromatic N) is 4. The molecule has 5 rings (SSSR count). The molecule has 0 spiro atoms. The Morgan fingerprint density at radius 2 is 1.97 bits per heavy atom. The summed E-state index contributed by atoms with van der Waals surface area (Å²) < 4.78 is 30.8. The van der Waals surface area contributed by atoms with Crippen LogP contribution in [0.4, 0.5) is 14.5 Å². The maximum atomic E-state index is 14.6. The van der Waals surface area contributed by atoms with Crippen molar-refractivity contribution < 1.29 is 18.4 Å². The third kappa shape index (κ3) is 4.75. The quantitative estimate of drug-likeness (QED) is 0.446. The molecule has 1 unspecified atom stereocenters.